The Labute approximate surface area is 83.2 Å². The van der Waals surface area contributed by atoms with E-state index in [-0.39, 0.29) is 17.9 Å². The Morgan fingerprint density at radius 2 is 2.36 bits per heavy atom. The summed E-state index contributed by atoms with van der Waals surface area (Å²) in [5.41, 5.74) is -0.477. The lowest BCUT2D eigenvalue weighted by atomic mass is 9.87. The molecule has 2 atom stereocenters. The second-order valence-electron chi connectivity index (χ2n) is 4.47. The molecule has 2 heterocycles. The molecule has 14 heavy (non-hydrogen) atoms. The second-order valence-corrected chi connectivity index (χ2v) is 4.47. The first-order valence-electron chi connectivity index (χ1n) is 4.95. The quantitative estimate of drug-likeness (QED) is 0.577. The van der Waals surface area contributed by atoms with E-state index in [1.165, 1.54) is 7.11 Å². The maximum absolute atomic E-state index is 11.5. The van der Waals surface area contributed by atoms with Crippen molar-refractivity contribution in [1.82, 2.24) is 4.90 Å². The molecule has 0 bridgehead atoms. The van der Waals surface area contributed by atoms with Crippen molar-refractivity contribution in [3.8, 4) is 0 Å². The monoisotopic (exact) mass is 197 g/mol. The molecular formula is C10H15NO3. The topological polar surface area (TPSA) is 46.6 Å². The zero-order valence-corrected chi connectivity index (χ0v) is 8.58. The molecule has 0 aromatic rings. The van der Waals surface area contributed by atoms with Crippen LogP contribution < -0.4 is 0 Å². The highest BCUT2D eigenvalue weighted by molar-refractivity contribution is 5.83. The standard InChI is InChI=1S/C10H15NO3/c1-10(9(13)14-2)5-7-3-4-8(12)11(7)6-10/h7H,3-6H2,1-2H3/t7-,10-/m1/s1. The number of nitrogens with zero attached hydrogens (tertiary/aromatic N) is 1. The van der Waals surface area contributed by atoms with Gasteiger partial charge in [-0.2, -0.15) is 0 Å². The van der Waals surface area contributed by atoms with Crippen molar-refractivity contribution in [1.29, 1.82) is 0 Å². The van der Waals surface area contributed by atoms with Crippen LogP contribution in [0.25, 0.3) is 0 Å². The van der Waals surface area contributed by atoms with E-state index in [1.807, 2.05) is 11.8 Å². The van der Waals surface area contributed by atoms with Crippen molar-refractivity contribution < 1.29 is 14.3 Å². The van der Waals surface area contributed by atoms with Gasteiger partial charge in [-0.1, -0.05) is 0 Å². The number of carbonyl (C=O) groups is 2. The highest BCUT2D eigenvalue weighted by Crippen LogP contribution is 2.40. The number of esters is 1. The third kappa shape index (κ3) is 1.21. The number of rotatable bonds is 1. The first kappa shape index (κ1) is 9.49. The molecule has 2 aliphatic heterocycles. The molecule has 1 amide bonds. The first-order valence-corrected chi connectivity index (χ1v) is 4.95. The SMILES string of the molecule is COC(=O)[C@]1(C)C[C@H]2CCC(=O)N2C1. The first-order chi connectivity index (χ1) is 6.57. The van der Waals surface area contributed by atoms with Gasteiger partial charge in [-0.05, 0) is 19.8 Å². The van der Waals surface area contributed by atoms with Gasteiger partial charge in [0.1, 0.15) is 0 Å². The highest BCUT2D eigenvalue weighted by Gasteiger charge is 2.50. The minimum Gasteiger partial charge on any atom is -0.469 e. The third-order valence-corrected chi connectivity index (χ3v) is 3.34. The number of hydrogen-bond donors (Lipinski definition) is 0. The predicted octanol–water partition coefficient (Wildman–Crippen LogP) is 0.560. The molecule has 0 radical (unpaired) electrons. The van der Waals surface area contributed by atoms with Gasteiger partial charge in [0.05, 0.1) is 12.5 Å². The van der Waals surface area contributed by atoms with Crippen LogP contribution in [0.4, 0.5) is 0 Å². The summed E-state index contributed by atoms with van der Waals surface area (Å²) >= 11 is 0. The van der Waals surface area contributed by atoms with Gasteiger partial charge in [0.25, 0.3) is 0 Å². The van der Waals surface area contributed by atoms with Crippen LogP contribution in [-0.2, 0) is 14.3 Å². The Morgan fingerprint density at radius 1 is 1.64 bits per heavy atom. The Morgan fingerprint density at radius 3 is 2.93 bits per heavy atom. The predicted molar refractivity (Wildman–Crippen MR) is 49.5 cm³/mol. The lowest BCUT2D eigenvalue weighted by Crippen LogP contribution is -2.34. The van der Waals surface area contributed by atoms with Gasteiger partial charge in [-0.25, -0.2) is 0 Å². The average molecular weight is 197 g/mol. The minimum absolute atomic E-state index is 0.183. The number of amides is 1. The molecule has 0 aromatic carbocycles. The van der Waals surface area contributed by atoms with Crippen LogP contribution in [0.3, 0.4) is 0 Å². The van der Waals surface area contributed by atoms with Crippen molar-refractivity contribution in [2.75, 3.05) is 13.7 Å². The maximum Gasteiger partial charge on any atom is 0.313 e. The average Bonchev–Trinajstić information content (AvgIpc) is 2.65. The third-order valence-electron chi connectivity index (χ3n) is 3.34. The van der Waals surface area contributed by atoms with Gasteiger partial charge in [0.15, 0.2) is 0 Å². The molecular weight excluding hydrogens is 182 g/mol. The molecule has 2 rings (SSSR count). The van der Waals surface area contributed by atoms with E-state index in [0.29, 0.717) is 13.0 Å². The fourth-order valence-corrected chi connectivity index (χ4v) is 2.58. The van der Waals surface area contributed by atoms with Crippen LogP contribution in [0.1, 0.15) is 26.2 Å². The molecule has 2 fully saturated rings. The van der Waals surface area contributed by atoms with Gasteiger partial charge in [-0.15, -0.1) is 0 Å². The summed E-state index contributed by atoms with van der Waals surface area (Å²) in [4.78, 5) is 24.8. The number of carbonyl (C=O) groups excluding carboxylic acids is 2. The van der Waals surface area contributed by atoms with E-state index < -0.39 is 5.41 Å². The molecule has 0 aliphatic carbocycles. The molecule has 0 N–H and O–H groups in total. The second kappa shape index (κ2) is 2.97. The molecule has 4 heteroatoms. The van der Waals surface area contributed by atoms with Crippen LogP contribution in [0, 0.1) is 5.41 Å². The van der Waals surface area contributed by atoms with Gasteiger partial charge in [0.2, 0.25) is 5.91 Å². The molecule has 0 spiro atoms. The smallest absolute Gasteiger partial charge is 0.313 e. The van der Waals surface area contributed by atoms with Gasteiger partial charge in [-0.3, -0.25) is 9.59 Å². The van der Waals surface area contributed by atoms with Gasteiger partial charge in [0, 0.05) is 19.0 Å². The van der Waals surface area contributed by atoms with Crippen LogP contribution in [0.15, 0.2) is 0 Å². The lowest BCUT2D eigenvalue weighted by molar-refractivity contribution is -0.151. The van der Waals surface area contributed by atoms with Crippen LogP contribution in [0.2, 0.25) is 0 Å². The van der Waals surface area contributed by atoms with E-state index >= 15 is 0 Å². The summed E-state index contributed by atoms with van der Waals surface area (Å²) in [5, 5.41) is 0. The maximum atomic E-state index is 11.5. The molecule has 2 saturated heterocycles. The Hall–Kier alpha value is -1.06. The van der Waals surface area contributed by atoms with Crippen molar-refractivity contribution in [3.63, 3.8) is 0 Å². The number of methoxy groups -OCH3 is 1. The summed E-state index contributed by atoms with van der Waals surface area (Å²) in [6, 6.07) is 0.270. The van der Waals surface area contributed by atoms with Crippen molar-refractivity contribution in [3.05, 3.63) is 0 Å². The summed E-state index contributed by atoms with van der Waals surface area (Å²) in [6.45, 7) is 2.41. The molecule has 0 saturated carbocycles. The summed E-state index contributed by atoms with van der Waals surface area (Å²) in [5.74, 6) is -0.0117. The largest absolute Gasteiger partial charge is 0.469 e. The molecule has 78 valence electrons. The number of ether oxygens (including phenoxy) is 1. The highest BCUT2D eigenvalue weighted by atomic mass is 16.5. The molecule has 2 aliphatic rings. The Balaban J connectivity index is 2.14. The zero-order chi connectivity index (χ0) is 10.3. The van der Waals surface area contributed by atoms with Crippen molar-refractivity contribution in [2.24, 2.45) is 5.41 Å². The van der Waals surface area contributed by atoms with E-state index in [9.17, 15) is 9.59 Å². The van der Waals surface area contributed by atoms with E-state index in [2.05, 4.69) is 0 Å². The fraction of sp³-hybridized carbons (Fsp3) is 0.800. The van der Waals surface area contributed by atoms with Crippen LogP contribution in [0.5, 0.6) is 0 Å². The minimum atomic E-state index is -0.477. The zero-order valence-electron chi connectivity index (χ0n) is 8.58. The summed E-state index contributed by atoms with van der Waals surface area (Å²) in [6.07, 6.45) is 2.29. The van der Waals surface area contributed by atoms with Crippen LogP contribution >= 0.6 is 0 Å². The Kier molecular flexibility index (Phi) is 2.01. The summed E-state index contributed by atoms with van der Waals surface area (Å²) < 4.78 is 4.76. The molecule has 4 nitrogen and oxygen atoms in total. The fourth-order valence-electron chi connectivity index (χ4n) is 2.58. The van der Waals surface area contributed by atoms with Gasteiger partial charge < -0.3 is 9.64 Å². The van der Waals surface area contributed by atoms with E-state index in [0.717, 1.165) is 12.8 Å². The number of hydrogen-bond acceptors (Lipinski definition) is 3. The normalized spacial score (nSPS) is 36.0. The van der Waals surface area contributed by atoms with E-state index in [1.54, 1.807) is 0 Å². The van der Waals surface area contributed by atoms with Crippen LogP contribution in [-0.4, -0.2) is 36.5 Å². The number of fused-ring (bicyclic) bond motifs is 1. The van der Waals surface area contributed by atoms with Crippen molar-refractivity contribution >= 4 is 11.9 Å². The Bertz CT molecular complexity index is 289. The van der Waals surface area contributed by atoms with Gasteiger partial charge >= 0.3 is 5.97 Å². The van der Waals surface area contributed by atoms with E-state index in [4.69, 9.17) is 4.74 Å². The molecule has 0 unspecified atom stereocenters. The van der Waals surface area contributed by atoms with Crippen molar-refractivity contribution in [2.45, 2.75) is 32.2 Å². The molecule has 0 aromatic heterocycles. The summed E-state index contributed by atoms with van der Waals surface area (Å²) in [7, 11) is 1.40. The lowest BCUT2D eigenvalue weighted by Gasteiger charge is -2.20.